The van der Waals surface area contributed by atoms with Gasteiger partial charge in [-0.2, -0.15) is 0 Å². The molecule has 0 bridgehead atoms. The third kappa shape index (κ3) is 2.48. The Morgan fingerprint density at radius 1 is 0.900 bits per heavy atom. The normalized spacial score (nSPS) is 13.9. The number of esters is 1. The van der Waals surface area contributed by atoms with Crippen molar-refractivity contribution >= 4 is 28.3 Å². The molecule has 3 aromatic rings. The van der Waals surface area contributed by atoms with Crippen molar-refractivity contribution in [2.45, 2.75) is 6.61 Å². The summed E-state index contributed by atoms with van der Waals surface area (Å²) in [5.74, 6) is 2.01. The van der Waals surface area contributed by atoms with Gasteiger partial charge in [0.05, 0.1) is 31.9 Å². The van der Waals surface area contributed by atoms with Crippen LogP contribution in [-0.2, 0) is 11.3 Å². The Hall–Kier alpha value is -3.32. The highest BCUT2D eigenvalue weighted by Crippen LogP contribution is 2.54. The van der Waals surface area contributed by atoms with E-state index < -0.39 is 5.97 Å². The van der Waals surface area contributed by atoms with Gasteiger partial charge < -0.3 is 28.4 Å². The monoisotopic (exact) mass is 428 g/mol. The van der Waals surface area contributed by atoms with E-state index >= 15 is 0 Å². The molecule has 2 heterocycles. The largest absolute Gasteiger partial charge is 0.492 e. The summed E-state index contributed by atoms with van der Waals surface area (Å²) in [4.78, 5) is 12.4. The van der Waals surface area contributed by atoms with Gasteiger partial charge in [-0.3, -0.25) is 0 Å². The summed E-state index contributed by atoms with van der Waals surface area (Å²) in [6.07, 6.45) is 0. The van der Waals surface area contributed by atoms with Crippen molar-refractivity contribution in [2.75, 3.05) is 28.1 Å². The topological polar surface area (TPSA) is 72.5 Å². The summed E-state index contributed by atoms with van der Waals surface area (Å²) >= 11 is 6.70. The van der Waals surface area contributed by atoms with Crippen LogP contribution in [0.2, 0.25) is 5.02 Å². The average molecular weight is 429 g/mol. The molecule has 0 fully saturated rings. The third-order valence-electron chi connectivity index (χ3n) is 5.35. The van der Waals surface area contributed by atoms with Gasteiger partial charge in [0, 0.05) is 21.9 Å². The molecule has 7 nitrogen and oxygen atoms in total. The Labute approximate surface area is 176 Å². The first-order valence-corrected chi connectivity index (χ1v) is 9.51. The summed E-state index contributed by atoms with van der Waals surface area (Å²) in [7, 11) is 4.56. The Balaban J connectivity index is 1.96. The molecule has 0 saturated carbocycles. The highest BCUT2D eigenvalue weighted by molar-refractivity contribution is 6.38. The van der Waals surface area contributed by atoms with Gasteiger partial charge in [0.25, 0.3) is 0 Å². The molecule has 2 aliphatic rings. The van der Waals surface area contributed by atoms with Crippen LogP contribution in [0.25, 0.3) is 21.9 Å². The minimum atomic E-state index is -0.404. The zero-order chi connectivity index (χ0) is 21.0. The van der Waals surface area contributed by atoms with Gasteiger partial charge in [0.1, 0.15) is 6.61 Å². The summed E-state index contributed by atoms with van der Waals surface area (Å²) in [6, 6.07) is 7.30. The smallest absolute Gasteiger partial charge is 0.338 e. The predicted octanol–water partition coefficient (Wildman–Crippen LogP) is 4.59. The second-order valence-corrected chi connectivity index (χ2v) is 7.14. The number of cyclic esters (lactones) is 1. The molecule has 3 aromatic carbocycles. The molecule has 0 amide bonds. The second kappa shape index (κ2) is 6.88. The first-order chi connectivity index (χ1) is 14.6. The zero-order valence-corrected chi connectivity index (χ0v) is 17.2. The number of benzene rings is 3. The minimum Gasteiger partial charge on any atom is -0.492 e. The van der Waals surface area contributed by atoms with Crippen molar-refractivity contribution in [1.29, 1.82) is 0 Å². The lowest BCUT2D eigenvalue weighted by molar-refractivity contribution is 0.0535. The van der Waals surface area contributed by atoms with Gasteiger partial charge in [-0.05, 0) is 23.8 Å². The fraction of sp³-hybridized carbons (Fsp3) is 0.227. The second-order valence-electron chi connectivity index (χ2n) is 6.76. The zero-order valence-electron chi connectivity index (χ0n) is 16.5. The fourth-order valence-electron chi connectivity index (χ4n) is 4.05. The molecular formula is C22H17ClO7. The lowest BCUT2D eigenvalue weighted by Gasteiger charge is -2.20. The molecule has 0 radical (unpaired) electrons. The van der Waals surface area contributed by atoms with E-state index in [0.29, 0.717) is 50.1 Å². The van der Waals surface area contributed by atoms with Gasteiger partial charge in [-0.1, -0.05) is 17.7 Å². The molecule has 0 saturated heterocycles. The molecule has 2 aliphatic heterocycles. The van der Waals surface area contributed by atoms with Crippen LogP contribution in [0.5, 0.6) is 28.7 Å². The number of fused-ring (bicyclic) bond motifs is 3. The molecule has 5 rings (SSSR count). The van der Waals surface area contributed by atoms with E-state index in [0.717, 1.165) is 16.7 Å². The van der Waals surface area contributed by atoms with Gasteiger partial charge in [-0.25, -0.2) is 4.79 Å². The van der Waals surface area contributed by atoms with Gasteiger partial charge in [0.15, 0.2) is 23.0 Å². The van der Waals surface area contributed by atoms with Crippen LogP contribution in [0.4, 0.5) is 0 Å². The number of rotatable bonds is 4. The highest BCUT2D eigenvalue weighted by atomic mass is 35.5. The van der Waals surface area contributed by atoms with E-state index in [9.17, 15) is 4.79 Å². The lowest BCUT2D eigenvalue weighted by atomic mass is 9.89. The van der Waals surface area contributed by atoms with Crippen LogP contribution in [0.1, 0.15) is 15.9 Å². The van der Waals surface area contributed by atoms with Crippen molar-refractivity contribution < 1.29 is 33.2 Å². The maximum absolute atomic E-state index is 12.4. The van der Waals surface area contributed by atoms with Gasteiger partial charge >= 0.3 is 5.97 Å². The maximum Gasteiger partial charge on any atom is 0.338 e. The molecule has 0 spiro atoms. The molecule has 30 heavy (non-hydrogen) atoms. The number of carbonyl (C=O) groups is 1. The molecule has 0 N–H and O–H groups in total. The van der Waals surface area contributed by atoms with Crippen molar-refractivity contribution in [3.63, 3.8) is 0 Å². The summed E-state index contributed by atoms with van der Waals surface area (Å²) in [5.41, 5.74) is 2.76. The standard InChI is InChI=1S/C22H17ClO7/c1-25-19-17-12(18(23)20(26-2)21(19)27-3)7-11-13(8-28-22(11)24)16(17)10-4-5-14-15(6-10)30-9-29-14/h4-7H,8-9H2,1-3H3. The summed E-state index contributed by atoms with van der Waals surface area (Å²) in [6.45, 7) is 0.303. The SMILES string of the molecule is COc1c(OC)c(OC)c2c(-c3ccc4c(c3)OCO4)c3c(cc2c1Cl)C(=O)OC3. The van der Waals surface area contributed by atoms with Gasteiger partial charge in [-0.15, -0.1) is 0 Å². The van der Waals surface area contributed by atoms with E-state index in [1.807, 2.05) is 18.2 Å². The number of carbonyl (C=O) groups excluding carboxylic acids is 1. The number of hydrogen-bond acceptors (Lipinski definition) is 7. The highest BCUT2D eigenvalue weighted by Gasteiger charge is 2.32. The summed E-state index contributed by atoms with van der Waals surface area (Å²) in [5, 5.41) is 1.60. The van der Waals surface area contributed by atoms with E-state index in [2.05, 4.69) is 0 Å². The first-order valence-electron chi connectivity index (χ1n) is 9.13. The summed E-state index contributed by atoms with van der Waals surface area (Å²) < 4.78 is 33.1. The minimum absolute atomic E-state index is 0.142. The van der Waals surface area contributed by atoms with E-state index in [1.54, 1.807) is 13.2 Å². The third-order valence-corrected chi connectivity index (χ3v) is 5.73. The van der Waals surface area contributed by atoms with Crippen LogP contribution in [0.3, 0.4) is 0 Å². The van der Waals surface area contributed by atoms with Crippen LogP contribution < -0.4 is 23.7 Å². The predicted molar refractivity (Wildman–Crippen MR) is 109 cm³/mol. The Kier molecular flexibility index (Phi) is 4.29. The maximum atomic E-state index is 12.4. The Morgan fingerprint density at radius 3 is 2.37 bits per heavy atom. The average Bonchev–Trinajstić information content (AvgIpc) is 3.38. The lowest BCUT2D eigenvalue weighted by Crippen LogP contribution is -2.01. The number of ether oxygens (including phenoxy) is 6. The molecule has 0 aromatic heterocycles. The quantitative estimate of drug-likeness (QED) is 0.563. The Bertz CT molecular complexity index is 1220. The molecular weight excluding hydrogens is 412 g/mol. The molecule has 0 aliphatic carbocycles. The number of halogens is 1. The van der Waals surface area contributed by atoms with Crippen LogP contribution in [0, 0.1) is 0 Å². The fourth-order valence-corrected chi connectivity index (χ4v) is 4.36. The van der Waals surface area contributed by atoms with Crippen LogP contribution >= 0.6 is 11.6 Å². The van der Waals surface area contributed by atoms with Crippen molar-refractivity contribution in [1.82, 2.24) is 0 Å². The molecule has 154 valence electrons. The number of hydrogen-bond donors (Lipinski definition) is 0. The first kappa shape index (κ1) is 18.7. The van der Waals surface area contributed by atoms with Crippen molar-refractivity contribution in [3.05, 3.63) is 40.4 Å². The van der Waals surface area contributed by atoms with Crippen LogP contribution in [0.15, 0.2) is 24.3 Å². The van der Waals surface area contributed by atoms with E-state index in [-0.39, 0.29) is 13.4 Å². The van der Waals surface area contributed by atoms with Crippen molar-refractivity contribution in [2.24, 2.45) is 0 Å². The van der Waals surface area contributed by atoms with Crippen molar-refractivity contribution in [3.8, 4) is 39.9 Å². The van der Waals surface area contributed by atoms with E-state index in [1.165, 1.54) is 14.2 Å². The molecule has 0 unspecified atom stereocenters. The number of methoxy groups -OCH3 is 3. The Morgan fingerprint density at radius 2 is 1.63 bits per heavy atom. The molecule has 8 heteroatoms. The van der Waals surface area contributed by atoms with Crippen LogP contribution in [-0.4, -0.2) is 34.1 Å². The molecule has 0 atom stereocenters. The van der Waals surface area contributed by atoms with Gasteiger partial charge in [0.2, 0.25) is 12.5 Å². The van der Waals surface area contributed by atoms with E-state index in [4.69, 9.17) is 40.0 Å².